The maximum absolute atomic E-state index is 13.5. The van der Waals surface area contributed by atoms with Crippen LogP contribution < -0.4 is 0 Å². The normalized spacial score (nSPS) is 14.1. The lowest BCUT2D eigenvalue weighted by molar-refractivity contribution is -0.143. The van der Waals surface area contributed by atoms with Gasteiger partial charge in [0.2, 0.25) is 0 Å². The van der Waals surface area contributed by atoms with Gasteiger partial charge in [-0.25, -0.2) is 0 Å². The smallest absolute Gasteiger partial charge is 0.306 e. The molecule has 4 rings (SSSR count). The molecular weight excluding hydrogens is 428 g/mol. The van der Waals surface area contributed by atoms with E-state index in [4.69, 9.17) is 15.0 Å². The number of nitriles is 1. The number of piperidine rings is 1. The Hall–Kier alpha value is -3.50. The van der Waals surface area contributed by atoms with Crippen molar-refractivity contribution in [1.29, 1.82) is 5.26 Å². The van der Waals surface area contributed by atoms with Crippen LogP contribution in [0.4, 0.5) is 0 Å². The van der Waals surface area contributed by atoms with Crippen LogP contribution in [0.1, 0.15) is 59.9 Å². The number of fused-ring (bicyclic) bond motifs is 1. The van der Waals surface area contributed by atoms with Gasteiger partial charge < -0.3 is 9.30 Å². The summed E-state index contributed by atoms with van der Waals surface area (Å²) >= 11 is 0. The maximum atomic E-state index is 13.5. The molecule has 0 N–H and O–H groups in total. The van der Waals surface area contributed by atoms with Crippen molar-refractivity contribution < 1.29 is 14.3 Å². The summed E-state index contributed by atoms with van der Waals surface area (Å²) in [4.78, 5) is 32.4. The molecule has 2 aromatic heterocycles. The van der Waals surface area contributed by atoms with Gasteiger partial charge >= 0.3 is 5.97 Å². The fraction of sp³-hybridized carbons (Fsp3) is 0.407. The van der Waals surface area contributed by atoms with Gasteiger partial charge in [0.05, 0.1) is 47.8 Å². The van der Waals surface area contributed by atoms with E-state index in [0.717, 1.165) is 48.5 Å². The summed E-state index contributed by atoms with van der Waals surface area (Å²) in [5.41, 5.74) is 5.16. The predicted octanol–water partition coefficient (Wildman–Crippen LogP) is 4.37. The third-order valence-corrected chi connectivity index (χ3v) is 6.35. The molecule has 176 valence electrons. The molecule has 1 aliphatic rings. The number of Topliss-reactive ketones (excluding diaryl/α,β-unsaturated/α-hetero) is 1. The Morgan fingerprint density at radius 2 is 1.82 bits per heavy atom. The van der Waals surface area contributed by atoms with Crippen LogP contribution in [-0.2, 0) is 16.0 Å². The summed E-state index contributed by atoms with van der Waals surface area (Å²) in [6.07, 6.45) is 4.16. The van der Waals surface area contributed by atoms with Crippen LogP contribution in [0.5, 0.6) is 0 Å². The predicted molar refractivity (Wildman–Crippen MR) is 130 cm³/mol. The molecule has 3 heterocycles. The van der Waals surface area contributed by atoms with Gasteiger partial charge in [-0.3, -0.25) is 19.5 Å². The van der Waals surface area contributed by atoms with Crippen molar-refractivity contribution in [2.75, 3.05) is 26.2 Å². The second-order valence-electron chi connectivity index (χ2n) is 8.69. The van der Waals surface area contributed by atoms with Crippen molar-refractivity contribution in [3.8, 4) is 11.8 Å². The molecule has 0 radical (unpaired) electrons. The standard InChI is InChI=1S/C27H30N4O3/c1-3-34-25(33)14-10-21-9-13-23-27(29-21)26(24(32)18-30-15-5-4-6-16-30)19(2)31(23)22-11-7-20(17-28)8-12-22/h7-9,11-13H,3-6,10,14-16,18H2,1-2H3. The summed E-state index contributed by atoms with van der Waals surface area (Å²) in [7, 11) is 0. The van der Waals surface area contributed by atoms with Gasteiger partial charge in [0.15, 0.2) is 5.78 Å². The molecule has 0 saturated carbocycles. The Bertz CT molecular complexity index is 1230. The van der Waals surface area contributed by atoms with Crippen molar-refractivity contribution in [1.82, 2.24) is 14.5 Å². The van der Waals surface area contributed by atoms with Gasteiger partial charge in [-0.15, -0.1) is 0 Å². The Balaban J connectivity index is 1.75. The molecular formula is C27H30N4O3. The Kier molecular flexibility index (Phi) is 7.39. The van der Waals surface area contributed by atoms with Gasteiger partial charge in [0, 0.05) is 23.5 Å². The molecule has 7 heteroatoms. The third-order valence-electron chi connectivity index (χ3n) is 6.35. The van der Waals surface area contributed by atoms with Crippen LogP contribution in [0, 0.1) is 18.3 Å². The molecule has 1 saturated heterocycles. The fourth-order valence-electron chi connectivity index (χ4n) is 4.67. The summed E-state index contributed by atoms with van der Waals surface area (Å²) in [5, 5.41) is 9.16. The zero-order valence-corrected chi connectivity index (χ0v) is 19.8. The molecule has 7 nitrogen and oxygen atoms in total. The minimum atomic E-state index is -0.253. The Labute approximate surface area is 200 Å². The maximum Gasteiger partial charge on any atom is 0.306 e. The quantitative estimate of drug-likeness (QED) is 0.368. The Morgan fingerprint density at radius 1 is 1.09 bits per heavy atom. The van der Waals surface area contributed by atoms with Gasteiger partial charge in [-0.1, -0.05) is 6.42 Å². The van der Waals surface area contributed by atoms with Crippen LogP contribution in [0.25, 0.3) is 16.7 Å². The van der Waals surface area contributed by atoms with Crippen LogP contribution in [0.2, 0.25) is 0 Å². The zero-order chi connectivity index (χ0) is 24.1. The van der Waals surface area contributed by atoms with Gasteiger partial charge in [-0.05, 0) is 76.2 Å². The van der Waals surface area contributed by atoms with E-state index in [1.54, 1.807) is 19.1 Å². The van der Waals surface area contributed by atoms with Crippen molar-refractivity contribution in [3.63, 3.8) is 0 Å². The molecule has 0 aliphatic carbocycles. The molecule has 0 amide bonds. The molecule has 3 aromatic rings. The monoisotopic (exact) mass is 458 g/mol. The summed E-state index contributed by atoms with van der Waals surface area (Å²) in [6.45, 7) is 6.35. The molecule has 1 aromatic carbocycles. The van der Waals surface area contributed by atoms with Gasteiger partial charge in [0.1, 0.15) is 0 Å². The molecule has 0 spiro atoms. The molecule has 0 unspecified atom stereocenters. The number of ketones is 1. The summed E-state index contributed by atoms with van der Waals surface area (Å²) < 4.78 is 7.07. The van der Waals surface area contributed by atoms with Crippen molar-refractivity contribution in [3.05, 3.63) is 58.9 Å². The van der Waals surface area contributed by atoms with E-state index in [2.05, 4.69) is 11.0 Å². The van der Waals surface area contributed by atoms with E-state index < -0.39 is 0 Å². The third kappa shape index (κ3) is 5.02. The van der Waals surface area contributed by atoms with E-state index in [1.807, 2.05) is 35.8 Å². The lowest BCUT2D eigenvalue weighted by atomic mass is 10.1. The minimum absolute atomic E-state index is 0.0619. The van der Waals surface area contributed by atoms with E-state index in [9.17, 15) is 9.59 Å². The lowest BCUT2D eigenvalue weighted by Gasteiger charge is -2.25. The van der Waals surface area contributed by atoms with Crippen molar-refractivity contribution >= 4 is 22.8 Å². The number of hydrogen-bond donors (Lipinski definition) is 0. The van der Waals surface area contributed by atoms with E-state index in [0.29, 0.717) is 36.2 Å². The van der Waals surface area contributed by atoms with Crippen molar-refractivity contribution in [2.45, 2.75) is 46.0 Å². The number of pyridine rings is 1. The first kappa shape index (κ1) is 23.7. The molecule has 1 aliphatic heterocycles. The van der Waals surface area contributed by atoms with Gasteiger partial charge in [-0.2, -0.15) is 5.26 Å². The van der Waals surface area contributed by atoms with E-state index in [-0.39, 0.29) is 18.2 Å². The minimum Gasteiger partial charge on any atom is -0.466 e. The second kappa shape index (κ2) is 10.6. The van der Waals surface area contributed by atoms with Crippen LogP contribution in [0.3, 0.4) is 0 Å². The number of esters is 1. The summed E-state index contributed by atoms with van der Waals surface area (Å²) in [5.74, 6) is -0.191. The van der Waals surface area contributed by atoms with Gasteiger partial charge in [0.25, 0.3) is 0 Å². The zero-order valence-electron chi connectivity index (χ0n) is 19.8. The van der Waals surface area contributed by atoms with Crippen LogP contribution >= 0.6 is 0 Å². The number of nitrogens with zero attached hydrogens (tertiary/aromatic N) is 4. The number of likely N-dealkylation sites (tertiary alicyclic amines) is 1. The topological polar surface area (TPSA) is 88.2 Å². The largest absolute Gasteiger partial charge is 0.466 e. The fourth-order valence-corrected chi connectivity index (χ4v) is 4.67. The number of aromatic nitrogens is 2. The van der Waals surface area contributed by atoms with E-state index >= 15 is 0 Å². The first-order chi connectivity index (χ1) is 16.5. The molecule has 0 atom stereocenters. The number of hydrogen-bond acceptors (Lipinski definition) is 6. The number of benzene rings is 1. The number of rotatable bonds is 8. The first-order valence-electron chi connectivity index (χ1n) is 11.9. The average Bonchev–Trinajstić information content (AvgIpc) is 3.14. The highest BCUT2D eigenvalue weighted by atomic mass is 16.5. The second-order valence-corrected chi connectivity index (χ2v) is 8.69. The first-order valence-corrected chi connectivity index (χ1v) is 11.9. The Morgan fingerprint density at radius 3 is 2.50 bits per heavy atom. The average molecular weight is 459 g/mol. The number of carbonyl (C=O) groups is 2. The number of carbonyl (C=O) groups excluding carboxylic acids is 2. The van der Waals surface area contributed by atoms with E-state index in [1.165, 1.54) is 6.42 Å². The highest BCUT2D eigenvalue weighted by Crippen LogP contribution is 2.29. The molecule has 1 fully saturated rings. The summed E-state index contributed by atoms with van der Waals surface area (Å²) in [6, 6.07) is 13.3. The van der Waals surface area contributed by atoms with Crippen molar-refractivity contribution in [2.24, 2.45) is 0 Å². The SMILES string of the molecule is CCOC(=O)CCc1ccc2c(n1)c(C(=O)CN1CCCCC1)c(C)n2-c1ccc(C#N)cc1. The lowest BCUT2D eigenvalue weighted by Crippen LogP contribution is -2.34. The molecule has 0 bridgehead atoms. The van der Waals surface area contributed by atoms with Crippen LogP contribution in [-0.4, -0.2) is 52.4 Å². The van der Waals surface area contributed by atoms with Crippen LogP contribution in [0.15, 0.2) is 36.4 Å². The highest BCUT2D eigenvalue weighted by Gasteiger charge is 2.24. The highest BCUT2D eigenvalue weighted by molar-refractivity contribution is 6.09. The number of ether oxygens (including phenoxy) is 1. The molecule has 34 heavy (non-hydrogen) atoms. The number of aryl methyl sites for hydroxylation is 1.